The van der Waals surface area contributed by atoms with E-state index in [2.05, 4.69) is 26.4 Å². The number of aromatic nitrogens is 1. The number of aryl methyl sites for hydroxylation is 2. The van der Waals surface area contributed by atoms with Gasteiger partial charge in [-0.2, -0.15) is 0 Å². The molecule has 0 aliphatic rings. The summed E-state index contributed by atoms with van der Waals surface area (Å²) in [5, 5.41) is 15.5. The van der Waals surface area contributed by atoms with E-state index in [9.17, 15) is 9.59 Å². The number of nitrogens with zero attached hydrogens (tertiary/aromatic N) is 1. The van der Waals surface area contributed by atoms with E-state index in [1.165, 1.54) is 0 Å². The van der Waals surface area contributed by atoms with Gasteiger partial charge in [-0.1, -0.05) is 33.2 Å². The second-order valence-electron chi connectivity index (χ2n) is 4.88. The minimum absolute atomic E-state index is 0.217. The van der Waals surface area contributed by atoms with E-state index < -0.39 is 17.9 Å². The van der Waals surface area contributed by atoms with Gasteiger partial charge in [-0.25, -0.2) is 0 Å². The summed E-state index contributed by atoms with van der Waals surface area (Å²) in [7, 11) is 0. The van der Waals surface area contributed by atoms with Crippen LogP contribution in [-0.2, 0) is 4.79 Å². The van der Waals surface area contributed by atoms with Crippen molar-refractivity contribution in [1.82, 2.24) is 10.5 Å². The van der Waals surface area contributed by atoms with E-state index >= 15 is 0 Å². The van der Waals surface area contributed by atoms with Gasteiger partial charge < -0.3 is 14.9 Å². The molecule has 0 aliphatic heterocycles. The zero-order valence-corrected chi connectivity index (χ0v) is 13.7. The van der Waals surface area contributed by atoms with Gasteiger partial charge in [0.05, 0.1) is 18.2 Å². The van der Waals surface area contributed by atoms with E-state index in [1.54, 1.807) is 32.0 Å². The van der Waals surface area contributed by atoms with Gasteiger partial charge in [0.25, 0.3) is 5.91 Å². The highest BCUT2D eigenvalue weighted by Crippen LogP contribution is 2.22. The summed E-state index contributed by atoms with van der Waals surface area (Å²) in [4.78, 5) is 23.5. The lowest BCUT2D eigenvalue weighted by Crippen LogP contribution is -2.30. The topological polar surface area (TPSA) is 92.4 Å². The van der Waals surface area contributed by atoms with Gasteiger partial charge in [0.15, 0.2) is 0 Å². The van der Waals surface area contributed by atoms with Crippen LogP contribution < -0.4 is 5.32 Å². The smallest absolute Gasteiger partial charge is 0.305 e. The van der Waals surface area contributed by atoms with Crippen molar-refractivity contribution in [2.45, 2.75) is 26.3 Å². The summed E-state index contributed by atoms with van der Waals surface area (Å²) in [5.41, 5.74) is 1.51. The Morgan fingerprint density at radius 2 is 2.14 bits per heavy atom. The summed E-state index contributed by atoms with van der Waals surface area (Å²) in [6, 6.07) is 6.53. The maximum Gasteiger partial charge on any atom is 0.305 e. The molecular weight excluding hydrogens is 352 g/mol. The molecule has 1 aromatic carbocycles. The van der Waals surface area contributed by atoms with E-state index in [0.717, 1.165) is 4.47 Å². The number of hydrogen-bond acceptors (Lipinski definition) is 4. The molecule has 0 radical (unpaired) electrons. The van der Waals surface area contributed by atoms with Crippen LogP contribution in [0.25, 0.3) is 0 Å². The van der Waals surface area contributed by atoms with Crippen molar-refractivity contribution >= 4 is 27.8 Å². The largest absolute Gasteiger partial charge is 0.481 e. The van der Waals surface area contributed by atoms with E-state index in [1.807, 2.05) is 6.07 Å². The molecule has 0 aliphatic carbocycles. The van der Waals surface area contributed by atoms with Crippen molar-refractivity contribution in [3.63, 3.8) is 0 Å². The zero-order chi connectivity index (χ0) is 16.3. The first-order valence-corrected chi connectivity index (χ1v) is 7.38. The van der Waals surface area contributed by atoms with Crippen molar-refractivity contribution in [1.29, 1.82) is 0 Å². The molecule has 1 atom stereocenters. The Hall–Kier alpha value is -2.15. The van der Waals surface area contributed by atoms with Gasteiger partial charge >= 0.3 is 5.97 Å². The molecule has 2 N–H and O–H groups in total. The molecule has 0 saturated carbocycles. The fourth-order valence-electron chi connectivity index (χ4n) is 2.19. The lowest BCUT2D eigenvalue weighted by molar-refractivity contribution is -0.137. The summed E-state index contributed by atoms with van der Waals surface area (Å²) in [5.74, 6) is -0.996. The molecule has 1 heterocycles. The Balaban J connectivity index is 2.27. The molecule has 0 bridgehead atoms. The second-order valence-corrected chi connectivity index (χ2v) is 5.79. The molecule has 2 rings (SSSR count). The molecule has 7 heteroatoms. The quantitative estimate of drug-likeness (QED) is 0.848. The lowest BCUT2D eigenvalue weighted by Gasteiger charge is -2.17. The summed E-state index contributed by atoms with van der Waals surface area (Å²) < 4.78 is 5.78. The molecule has 0 fully saturated rings. The molecule has 6 nitrogen and oxygen atoms in total. The number of hydrogen-bond donors (Lipinski definition) is 2. The van der Waals surface area contributed by atoms with E-state index in [-0.39, 0.29) is 6.42 Å². The van der Waals surface area contributed by atoms with Gasteiger partial charge in [-0.15, -0.1) is 0 Å². The molecule has 1 aromatic heterocycles. The average molecular weight is 367 g/mol. The highest BCUT2D eigenvalue weighted by Gasteiger charge is 2.23. The number of aliphatic carboxylic acids is 1. The molecule has 1 amide bonds. The predicted molar refractivity (Wildman–Crippen MR) is 82.6 cm³/mol. The first-order chi connectivity index (χ1) is 10.4. The van der Waals surface area contributed by atoms with Crippen LogP contribution in [0.4, 0.5) is 0 Å². The van der Waals surface area contributed by atoms with Crippen molar-refractivity contribution in [2.75, 3.05) is 0 Å². The van der Waals surface area contributed by atoms with Crippen LogP contribution in [0.2, 0.25) is 0 Å². The van der Waals surface area contributed by atoms with Gasteiger partial charge in [0, 0.05) is 4.47 Å². The van der Waals surface area contributed by atoms with Crippen LogP contribution in [0.5, 0.6) is 0 Å². The van der Waals surface area contributed by atoms with Crippen LogP contribution in [0.1, 0.15) is 39.8 Å². The Morgan fingerprint density at radius 3 is 2.68 bits per heavy atom. The van der Waals surface area contributed by atoms with E-state index in [0.29, 0.717) is 22.6 Å². The monoisotopic (exact) mass is 366 g/mol. The van der Waals surface area contributed by atoms with Crippen LogP contribution in [0.15, 0.2) is 33.3 Å². The number of rotatable bonds is 5. The third kappa shape index (κ3) is 3.73. The Labute approximate surface area is 135 Å². The number of benzene rings is 1. The molecule has 22 heavy (non-hydrogen) atoms. The Kier molecular flexibility index (Phi) is 4.97. The fourth-order valence-corrected chi connectivity index (χ4v) is 2.60. The number of carboxylic acid groups (broad SMARTS) is 1. The number of carbonyl (C=O) groups excluding carboxylic acids is 1. The van der Waals surface area contributed by atoms with Gasteiger partial charge in [0.1, 0.15) is 11.3 Å². The van der Waals surface area contributed by atoms with Gasteiger partial charge in [0.2, 0.25) is 0 Å². The van der Waals surface area contributed by atoms with Gasteiger partial charge in [-0.3, -0.25) is 9.59 Å². The highest BCUT2D eigenvalue weighted by atomic mass is 79.9. The summed E-state index contributed by atoms with van der Waals surface area (Å²) in [6.45, 7) is 3.30. The molecule has 116 valence electrons. The molecule has 0 spiro atoms. The fraction of sp³-hybridized carbons (Fsp3) is 0.267. The minimum Gasteiger partial charge on any atom is -0.481 e. The number of amides is 1. The van der Waals surface area contributed by atoms with E-state index in [4.69, 9.17) is 9.63 Å². The minimum atomic E-state index is -0.996. The van der Waals surface area contributed by atoms with Crippen LogP contribution in [0.3, 0.4) is 0 Å². The van der Waals surface area contributed by atoms with Gasteiger partial charge in [-0.05, 0) is 31.5 Å². The standard InChI is InChI=1S/C15H15BrN2O4/c1-8-14(9(2)22-18-8)15(21)17-12(7-13(19)20)10-4-3-5-11(16)6-10/h3-6,12H,7H2,1-2H3,(H,17,21)(H,19,20). The van der Waals surface area contributed by atoms with Crippen molar-refractivity contribution in [3.05, 3.63) is 51.3 Å². The molecule has 1 unspecified atom stereocenters. The Morgan fingerprint density at radius 1 is 1.41 bits per heavy atom. The highest BCUT2D eigenvalue weighted by molar-refractivity contribution is 9.10. The summed E-state index contributed by atoms with van der Waals surface area (Å²) in [6.07, 6.45) is -0.217. The number of nitrogens with one attached hydrogen (secondary N) is 1. The predicted octanol–water partition coefficient (Wildman–Crippen LogP) is 3.00. The maximum atomic E-state index is 12.4. The first-order valence-electron chi connectivity index (χ1n) is 6.59. The van der Waals surface area contributed by atoms with Crippen LogP contribution in [0, 0.1) is 13.8 Å². The number of halogens is 1. The Bertz CT molecular complexity index is 692. The van der Waals surface area contributed by atoms with Crippen molar-refractivity contribution in [3.8, 4) is 0 Å². The molecule has 0 saturated heterocycles. The van der Waals surface area contributed by atoms with Crippen molar-refractivity contribution in [2.24, 2.45) is 0 Å². The first kappa shape index (κ1) is 16.2. The zero-order valence-electron chi connectivity index (χ0n) is 12.1. The SMILES string of the molecule is Cc1noc(C)c1C(=O)NC(CC(=O)O)c1cccc(Br)c1. The maximum absolute atomic E-state index is 12.4. The lowest BCUT2D eigenvalue weighted by atomic mass is 10.0. The van der Waals surface area contributed by atoms with Crippen LogP contribution in [-0.4, -0.2) is 22.1 Å². The van der Waals surface area contributed by atoms with Crippen LogP contribution >= 0.6 is 15.9 Å². The normalized spacial score (nSPS) is 12.0. The third-order valence-electron chi connectivity index (χ3n) is 3.20. The summed E-state index contributed by atoms with van der Waals surface area (Å²) >= 11 is 3.34. The average Bonchev–Trinajstić information content (AvgIpc) is 2.77. The number of carboxylic acids is 1. The second kappa shape index (κ2) is 6.74. The van der Waals surface area contributed by atoms with Crippen molar-refractivity contribution < 1.29 is 19.2 Å². The number of carbonyl (C=O) groups is 2. The molecular formula is C15H15BrN2O4. The molecule has 2 aromatic rings. The third-order valence-corrected chi connectivity index (χ3v) is 3.69.